The number of carbonyl (C=O) groups is 1. The summed E-state index contributed by atoms with van der Waals surface area (Å²) in [7, 11) is -3.59. The molecule has 0 fully saturated rings. The minimum absolute atomic E-state index is 0.0324. The predicted octanol–water partition coefficient (Wildman–Crippen LogP) is 0.561. The highest BCUT2D eigenvalue weighted by Crippen LogP contribution is 2.02. The Kier molecular flexibility index (Phi) is 5.97. The molecule has 0 radical (unpaired) electrons. The zero-order chi connectivity index (χ0) is 13.4. The zero-order valence-corrected chi connectivity index (χ0v) is 10.8. The molecule has 1 aromatic rings. The average molecular weight is 271 g/mol. The first-order valence-corrected chi connectivity index (χ1v) is 7.37. The molecule has 6 heteroatoms. The standard InChI is InChI=1S/C12H17NO4S/c14-9-5-4-8-13-18(16,17)10-12(15)11-6-2-1-3-7-11/h1-3,6-7,13-14H,4-5,8-10H2. The lowest BCUT2D eigenvalue weighted by molar-refractivity contribution is 0.102. The van der Waals surface area contributed by atoms with Crippen molar-refractivity contribution in [3.8, 4) is 0 Å². The number of Topliss-reactive ketones (excluding diaryl/α,β-unsaturated/α-hetero) is 1. The molecule has 0 atom stereocenters. The molecule has 100 valence electrons. The largest absolute Gasteiger partial charge is 0.396 e. The van der Waals surface area contributed by atoms with Gasteiger partial charge in [-0.1, -0.05) is 30.3 Å². The summed E-state index contributed by atoms with van der Waals surface area (Å²) in [5.74, 6) is -0.971. The van der Waals surface area contributed by atoms with Gasteiger partial charge in [-0.3, -0.25) is 4.79 Å². The smallest absolute Gasteiger partial charge is 0.219 e. The molecule has 5 nitrogen and oxygen atoms in total. The van der Waals surface area contributed by atoms with Crippen LogP contribution in [0.1, 0.15) is 23.2 Å². The number of hydrogen-bond acceptors (Lipinski definition) is 4. The maximum Gasteiger partial charge on any atom is 0.219 e. The van der Waals surface area contributed by atoms with Crippen LogP contribution in [0.2, 0.25) is 0 Å². The van der Waals surface area contributed by atoms with Crippen LogP contribution in [0.4, 0.5) is 0 Å². The van der Waals surface area contributed by atoms with Gasteiger partial charge in [-0.15, -0.1) is 0 Å². The number of nitrogens with one attached hydrogen (secondary N) is 1. The van der Waals surface area contributed by atoms with Gasteiger partial charge in [0.25, 0.3) is 0 Å². The van der Waals surface area contributed by atoms with Gasteiger partial charge in [0.2, 0.25) is 10.0 Å². The Morgan fingerprint density at radius 2 is 1.83 bits per heavy atom. The zero-order valence-electron chi connectivity index (χ0n) is 10.0. The first-order valence-electron chi connectivity index (χ1n) is 5.71. The second-order valence-corrected chi connectivity index (χ2v) is 5.68. The van der Waals surface area contributed by atoms with E-state index in [-0.39, 0.29) is 13.2 Å². The van der Waals surface area contributed by atoms with E-state index in [1.54, 1.807) is 30.3 Å². The molecule has 0 aliphatic carbocycles. The van der Waals surface area contributed by atoms with E-state index in [2.05, 4.69) is 4.72 Å². The summed E-state index contributed by atoms with van der Waals surface area (Å²) in [6.07, 6.45) is 1.09. The lowest BCUT2D eigenvalue weighted by Crippen LogP contribution is -2.31. The van der Waals surface area contributed by atoms with E-state index in [1.165, 1.54) is 0 Å². The fraction of sp³-hybridized carbons (Fsp3) is 0.417. The van der Waals surface area contributed by atoms with Gasteiger partial charge in [-0.05, 0) is 12.8 Å². The van der Waals surface area contributed by atoms with E-state index in [1.807, 2.05) is 0 Å². The maximum absolute atomic E-state index is 11.7. The van der Waals surface area contributed by atoms with Crippen molar-refractivity contribution in [2.24, 2.45) is 0 Å². The first-order chi connectivity index (χ1) is 8.55. The van der Waals surface area contributed by atoms with Crippen LogP contribution in [0, 0.1) is 0 Å². The monoisotopic (exact) mass is 271 g/mol. The molecule has 1 aromatic carbocycles. The molecule has 0 aliphatic rings. The van der Waals surface area contributed by atoms with Gasteiger partial charge in [0.1, 0.15) is 5.75 Å². The van der Waals surface area contributed by atoms with Crippen molar-refractivity contribution >= 4 is 15.8 Å². The number of unbranched alkanes of at least 4 members (excludes halogenated alkanes) is 1. The Bertz CT molecular complexity index is 470. The number of hydrogen-bond donors (Lipinski definition) is 2. The molecule has 2 N–H and O–H groups in total. The highest BCUT2D eigenvalue weighted by atomic mass is 32.2. The summed E-state index contributed by atoms with van der Waals surface area (Å²) in [4.78, 5) is 11.7. The number of ketones is 1. The number of aliphatic hydroxyl groups excluding tert-OH is 1. The third-order valence-corrected chi connectivity index (χ3v) is 3.61. The van der Waals surface area contributed by atoms with Crippen LogP contribution >= 0.6 is 0 Å². The van der Waals surface area contributed by atoms with E-state index in [4.69, 9.17) is 5.11 Å². The van der Waals surface area contributed by atoms with E-state index in [0.29, 0.717) is 18.4 Å². The number of benzene rings is 1. The highest BCUT2D eigenvalue weighted by molar-refractivity contribution is 7.90. The normalized spacial score (nSPS) is 11.4. The number of sulfonamides is 1. The van der Waals surface area contributed by atoms with Gasteiger partial charge in [-0.25, -0.2) is 13.1 Å². The van der Waals surface area contributed by atoms with E-state index in [9.17, 15) is 13.2 Å². The Balaban J connectivity index is 2.48. The molecule has 0 saturated carbocycles. The van der Waals surface area contributed by atoms with Crippen LogP contribution in [0.3, 0.4) is 0 Å². The Morgan fingerprint density at radius 1 is 1.17 bits per heavy atom. The molecular formula is C12H17NO4S. The van der Waals surface area contributed by atoms with Crippen LogP contribution in [-0.4, -0.2) is 38.2 Å². The van der Waals surface area contributed by atoms with Crippen molar-refractivity contribution in [3.63, 3.8) is 0 Å². The van der Waals surface area contributed by atoms with Gasteiger partial charge in [0.15, 0.2) is 5.78 Å². The average Bonchev–Trinajstić information content (AvgIpc) is 2.35. The van der Waals surface area contributed by atoms with Crippen molar-refractivity contribution in [1.29, 1.82) is 0 Å². The molecule has 1 rings (SSSR count). The highest BCUT2D eigenvalue weighted by Gasteiger charge is 2.16. The Morgan fingerprint density at radius 3 is 2.44 bits per heavy atom. The third kappa shape index (κ3) is 5.39. The van der Waals surface area contributed by atoms with E-state index in [0.717, 1.165) is 0 Å². The van der Waals surface area contributed by atoms with E-state index < -0.39 is 21.6 Å². The lowest BCUT2D eigenvalue weighted by atomic mass is 10.2. The molecule has 0 spiro atoms. The molecule has 0 saturated heterocycles. The van der Waals surface area contributed by atoms with Crippen molar-refractivity contribution < 1.29 is 18.3 Å². The van der Waals surface area contributed by atoms with Gasteiger partial charge in [0, 0.05) is 18.7 Å². The maximum atomic E-state index is 11.7. The number of aliphatic hydroxyl groups is 1. The third-order valence-electron chi connectivity index (χ3n) is 2.32. The molecule has 0 unspecified atom stereocenters. The quantitative estimate of drug-likeness (QED) is 0.534. The van der Waals surface area contributed by atoms with Gasteiger partial charge in [0.05, 0.1) is 0 Å². The number of rotatable bonds is 8. The Labute approximate surface area is 107 Å². The SMILES string of the molecule is O=C(CS(=O)(=O)NCCCCO)c1ccccc1. The number of carbonyl (C=O) groups excluding carboxylic acids is 1. The predicted molar refractivity (Wildman–Crippen MR) is 68.9 cm³/mol. The first kappa shape index (κ1) is 14.8. The lowest BCUT2D eigenvalue weighted by Gasteiger charge is -2.05. The van der Waals surface area contributed by atoms with Crippen LogP contribution in [0.5, 0.6) is 0 Å². The van der Waals surface area contributed by atoms with Crippen molar-refractivity contribution in [2.45, 2.75) is 12.8 Å². The van der Waals surface area contributed by atoms with Crippen molar-refractivity contribution in [1.82, 2.24) is 4.72 Å². The van der Waals surface area contributed by atoms with Gasteiger partial charge < -0.3 is 5.11 Å². The molecule has 0 aliphatic heterocycles. The minimum atomic E-state index is -3.59. The molecular weight excluding hydrogens is 254 g/mol. The van der Waals surface area contributed by atoms with Crippen LogP contribution in [-0.2, 0) is 10.0 Å². The van der Waals surface area contributed by atoms with E-state index >= 15 is 0 Å². The summed E-state index contributed by atoms with van der Waals surface area (Å²) in [5.41, 5.74) is 0.387. The second kappa shape index (κ2) is 7.25. The summed E-state index contributed by atoms with van der Waals surface area (Å²) >= 11 is 0. The molecule has 0 heterocycles. The second-order valence-electron chi connectivity index (χ2n) is 3.87. The summed E-state index contributed by atoms with van der Waals surface area (Å²) < 4.78 is 25.5. The summed E-state index contributed by atoms with van der Waals surface area (Å²) in [6.45, 7) is 0.273. The molecule has 0 bridgehead atoms. The minimum Gasteiger partial charge on any atom is -0.396 e. The topological polar surface area (TPSA) is 83.5 Å². The summed E-state index contributed by atoms with van der Waals surface area (Å²) in [5, 5.41) is 8.56. The fourth-order valence-corrected chi connectivity index (χ4v) is 2.46. The molecule has 0 amide bonds. The van der Waals surface area contributed by atoms with Crippen LogP contribution in [0.25, 0.3) is 0 Å². The van der Waals surface area contributed by atoms with Gasteiger partial charge >= 0.3 is 0 Å². The fourth-order valence-electron chi connectivity index (χ4n) is 1.40. The van der Waals surface area contributed by atoms with Crippen molar-refractivity contribution in [3.05, 3.63) is 35.9 Å². The molecule has 0 aromatic heterocycles. The van der Waals surface area contributed by atoms with Crippen LogP contribution in [0.15, 0.2) is 30.3 Å². The molecule has 18 heavy (non-hydrogen) atoms. The van der Waals surface area contributed by atoms with Gasteiger partial charge in [-0.2, -0.15) is 0 Å². The summed E-state index contributed by atoms with van der Waals surface area (Å²) in [6, 6.07) is 8.31. The van der Waals surface area contributed by atoms with Crippen LogP contribution < -0.4 is 4.72 Å². The van der Waals surface area contributed by atoms with Crippen molar-refractivity contribution in [2.75, 3.05) is 18.9 Å². The Hall–Kier alpha value is -1.24.